The third kappa shape index (κ3) is 3.54. The normalized spacial score (nSPS) is 17.9. The minimum absolute atomic E-state index is 0.151. The van der Waals surface area contributed by atoms with Crippen LogP contribution in [0.15, 0.2) is 5.16 Å². The lowest BCUT2D eigenvalue weighted by atomic mass is 10.2. The van der Waals surface area contributed by atoms with Gasteiger partial charge in [-0.25, -0.2) is 0 Å². The molecule has 0 radical (unpaired) electrons. The molecule has 0 aliphatic rings. The first-order chi connectivity index (χ1) is 5.49. The number of amidine groups is 1. The van der Waals surface area contributed by atoms with Gasteiger partial charge in [0.05, 0.1) is 12.1 Å². The van der Waals surface area contributed by atoms with Crippen LogP contribution in [0.5, 0.6) is 0 Å². The summed E-state index contributed by atoms with van der Waals surface area (Å²) in [7, 11) is 1.80. The number of likely N-dealkylation sites (N-methyl/N-ethyl adjacent to an activating group) is 1. The number of rotatable bonds is 4. The lowest BCUT2D eigenvalue weighted by Crippen LogP contribution is -2.43. The van der Waals surface area contributed by atoms with Crippen molar-refractivity contribution in [1.29, 1.82) is 0 Å². The predicted molar refractivity (Wildman–Crippen MR) is 47.2 cm³/mol. The number of aliphatic hydroxyl groups is 1. The maximum absolute atomic E-state index is 9.04. The first-order valence-corrected chi connectivity index (χ1v) is 3.84. The van der Waals surface area contributed by atoms with Crippen LogP contribution in [0.4, 0.5) is 0 Å². The molecule has 0 spiro atoms. The molecule has 5 nitrogen and oxygen atoms in total. The van der Waals surface area contributed by atoms with Crippen molar-refractivity contribution in [2.45, 2.75) is 26.0 Å². The molecule has 12 heavy (non-hydrogen) atoms. The topological polar surface area (TPSA) is 82.1 Å². The first-order valence-electron chi connectivity index (χ1n) is 3.84. The molecule has 72 valence electrons. The van der Waals surface area contributed by atoms with E-state index in [9.17, 15) is 0 Å². The molecule has 5 heteroatoms. The first kappa shape index (κ1) is 11.2. The van der Waals surface area contributed by atoms with Gasteiger partial charge in [0.1, 0.15) is 0 Å². The van der Waals surface area contributed by atoms with Gasteiger partial charge in [0, 0.05) is 6.54 Å². The van der Waals surface area contributed by atoms with Crippen LogP contribution in [0.25, 0.3) is 0 Å². The van der Waals surface area contributed by atoms with Crippen LogP contribution in [0.2, 0.25) is 0 Å². The molecule has 0 aromatic heterocycles. The smallest absolute Gasteiger partial charge is 0.156 e. The van der Waals surface area contributed by atoms with Gasteiger partial charge in [-0.3, -0.25) is 4.90 Å². The molecule has 0 heterocycles. The van der Waals surface area contributed by atoms with Crippen LogP contribution in [0, 0.1) is 0 Å². The lowest BCUT2D eigenvalue weighted by molar-refractivity contribution is 0.134. The quantitative estimate of drug-likeness (QED) is 0.231. The zero-order valence-corrected chi connectivity index (χ0v) is 7.73. The molecule has 2 unspecified atom stereocenters. The second-order valence-corrected chi connectivity index (χ2v) is 2.99. The SMILES string of the molecule is CC(O)CN(C)C(C)C(N)=NO. The molecule has 0 saturated heterocycles. The largest absolute Gasteiger partial charge is 0.409 e. The van der Waals surface area contributed by atoms with E-state index in [1.54, 1.807) is 25.8 Å². The van der Waals surface area contributed by atoms with Crippen molar-refractivity contribution in [3.8, 4) is 0 Å². The maximum atomic E-state index is 9.04. The fourth-order valence-corrected chi connectivity index (χ4v) is 0.884. The van der Waals surface area contributed by atoms with Gasteiger partial charge in [-0.2, -0.15) is 0 Å². The predicted octanol–water partition coefficient (Wildman–Crippen LogP) is -0.566. The van der Waals surface area contributed by atoms with E-state index in [0.717, 1.165) is 0 Å². The van der Waals surface area contributed by atoms with Crippen LogP contribution in [0.1, 0.15) is 13.8 Å². The van der Waals surface area contributed by atoms with E-state index < -0.39 is 6.10 Å². The molecule has 2 atom stereocenters. The van der Waals surface area contributed by atoms with Gasteiger partial charge < -0.3 is 16.0 Å². The molecule has 0 bridgehead atoms. The second-order valence-electron chi connectivity index (χ2n) is 2.99. The fourth-order valence-electron chi connectivity index (χ4n) is 0.884. The van der Waals surface area contributed by atoms with Crippen molar-refractivity contribution >= 4 is 5.84 Å². The summed E-state index contributed by atoms with van der Waals surface area (Å²) in [6.45, 7) is 3.99. The Labute approximate surface area is 72.5 Å². The van der Waals surface area contributed by atoms with Crippen molar-refractivity contribution < 1.29 is 10.3 Å². The number of nitrogens with zero attached hydrogens (tertiary/aromatic N) is 2. The van der Waals surface area contributed by atoms with Crippen LogP contribution in [-0.2, 0) is 0 Å². The Morgan fingerprint density at radius 2 is 2.08 bits per heavy atom. The van der Waals surface area contributed by atoms with Gasteiger partial charge in [0.25, 0.3) is 0 Å². The van der Waals surface area contributed by atoms with E-state index in [2.05, 4.69) is 5.16 Å². The number of aliphatic hydroxyl groups excluding tert-OH is 1. The molecule has 0 rings (SSSR count). The maximum Gasteiger partial charge on any atom is 0.156 e. The standard InChI is InChI=1S/C7H17N3O2/c1-5(11)4-10(3)6(2)7(8)9-12/h5-6,11-12H,4H2,1-3H3,(H2,8,9). The highest BCUT2D eigenvalue weighted by Gasteiger charge is 2.14. The fraction of sp³-hybridized carbons (Fsp3) is 0.857. The Morgan fingerprint density at radius 3 is 2.42 bits per heavy atom. The van der Waals surface area contributed by atoms with Gasteiger partial charge in [0.15, 0.2) is 5.84 Å². The lowest BCUT2D eigenvalue weighted by Gasteiger charge is -2.24. The van der Waals surface area contributed by atoms with Gasteiger partial charge in [0.2, 0.25) is 0 Å². The molecule has 0 amide bonds. The molecule has 0 aliphatic heterocycles. The summed E-state index contributed by atoms with van der Waals surface area (Å²) in [6.07, 6.45) is -0.413. The van der Waals surface area contributed by atoms with Crippen molar-refractivity contribution in [2.75, 3.05) is 13.6 Å². The van der Waals surface area contributed by atoms with E-state index >= 15 is 0 Å². The Bertz CT molecular complexity index is 159. The number of oxime groups is 1. The van der Waals surface area contributed by atoms with E-state index in [1.165, 1.54) is 0 Å². The number of nitrogens with two attached hydrogens (primary N) is 1. The Hall–Kier alpha value is -0.810. The molecular weight excluding hydrogens is 158 g/mol. The molecule has 0 saturated carbocycles. The van der Waals surface area contributed by atoms with Crippen LogP contribution < -0.4 is 5.73 Å². The van der Waals surface area contributed by atoms with Crippen LogP contribution >= 0.6 is 0 Å². The molecule has 0 aliphatic carbocycles. The summed E-state index contributed by atoms with van der Waals surface area (Å²) in [5.41, 5.74) is 5.37. The summed E-state index contributed by atoms with van der Waals surface area (Å²) < 4.78 is 0. The van der Waals surface area contributed by atoms with Crippen LogP contribution in [-0.4, -0.2) is 46.8 Å². The van der Waals surface area contributed by atoms with E-state index in [0.29, 0.717) is 6.54 Å². The Balaban J connectivity index is 4.01. The van der Waals surface area contributed by atoms with Crippen molar-refractivity contribution in [2.24, 2.45) is 10.9 Å². The zero-order valence-electron chi connectivity index (χ0n) is 7.73. The van der Waals surface area contributed by atoms with E-state index in [4.69, 9.17) is 16.0 Å². The molecule has 0 aromatic carbocycles. The summed E-state index contributed by atoms with van der Waals surface area (Å²) in [5.74, 6) is 0.151. The average Bonchev–Trinajstić information content (AvgIpc) is 2.00. The Kier molecular flexibility index (Phi) is 4.61. The number of hydrogen-bond donors (Lipinski definition) is 3. The highest BCUT2D eigenvalue weighted by Crippen LogP contribution is 1.96. The highest BCUT2D eigenvalue weighted by molar-refractivity contribution is 5.84. The van der Waals surface area contributed by atoms with Crippen LogP contribution in [0.3, 0.4) is 0 Å². The molecular formula is C7H17N3O2. The minimum atomic E-state index is -0.413. The third-order valence-electron chi connectivity index (χ3n) is 1.76. The number of hydrogen-bond acceptors (Lipinski definition) is 4. The highest BCUT2D eigenvalue weighted by atomic mass is 16.4. The summed E-state index contributed by atoms with van der Waals surface area (Å²) in [5, 5.41) is 20.3. The molecule has 4 N–H and O–H groups in total. The van der Waals surface area contributed by atoms with Gasteiger partial charge in [-0.15, -0.1) is 0 Å². The Morgan fingerprint density at radius 1 is 1.58 bits per heavy atom. The van der Waals surface area contributed by atoms with E-state index in [-0.39, 0.29) is 11.9 Å². The summed E-state index contributed by atoms with van der Waals surface area (Å²) >= 11 is 0. The molecule has 0 fully saturated rings. The third-order valence-corrected chi connectivity index (χ3v) is 1.76. The monoisotopic (exact) mass is 175 g/mol. The van der Waals surface area contributed by atoms with Crippen molar-refractivity contribution in [1.82, 2.24) is 4.90 Å². The summed E-state index contributed by atoms with van der Waals surface area (Å²) in [6, 6.07) is -0.162. The summed E-state index contributed by atoms with van der Waals surface area (Å²) in [4.78, 5) is 1.81. The minimum Gasteiger partial charge on any atom is -0.409 e. The van der Waals surface area contributed by atoms with Gasteiger partial charge in [-0.05, 0) is 20.9 Å². The molecule has 0 aromatic rings. The average molecular weight is 175 g/mol. The van der Waals surface area contributed by atoms with Crippen molar-refractivity contribution in [3.63, 3.8) is 0 Å². The van der Waals surface area contributed by atoms with Gasteiger partial charge >= 0.3 is 0 Å². The van der Waals surface area contributed by atoms with E-state index in [1.807, 2.05) is 0 Å². The van der Waals surface area contributed by atoms with Crippen molar-refractivity contribution in [3.05, 3.63) is 0 Å². The van der Waals surface area contributed by atoms with Gasteiger partial charge in [-0.1, -0.05) is 5.16 Å². The second kappa shape index (κ2) is 4.95. The zero-order chi connectivity index (χ0) is 9.72.